The number of phenols is 1. The second kappa shape index (κ2) is 5.29. The molecule has 0 radical (unpaired) electrons. The highest BCUT2D eigenvalue weighted by Gasteiger charge is 2.30. The maximum atomic E-state index is 12.6. The normalized spacial score (nSPS) is 11.8. The van der Waals surface area contributed by atoms with Gasteiger partial charge in [-0.15, -0.1) is 0 Å². The lowest BCUT2D eigenvalue weighted by Crippen LogP contribution is -2.05. The molecule has 0 saturated carbocycles. The van der Waals surface area contributed by atoms with E-state index in [1.807, 2.05) is 0 Å². The molecule has 0 aliphatic rings. The fourth-order valence-corrected chi connectivity index (χ4v) is 2.16. The second-order valence-corrected chi connectivity index (χ2v) is 4.73. The van der Waals surface area contributed by atoms with Crippen LogP contribution in [0, 0.1) is 0 Å². The fraction of sp³-hybridized carbons (Fsp3) is 0.125. The van der Waals surface area contributed by atoms with Crippen molar-refractivity contribution in [3.8, 4) is 11.5 Å². The van der Waals surface area contributed by atoms with Gasteiger partial charge in [-0.1, -0.05) is 12.1 Å². The molecule has 114 valence electrons. The number of furan rings is 1. The monoisotopic (exact) mass is 308 g/mol. The molecule has 22 heavy (non-hydrogen) atoms. The molecule has 3 aromatic rings. The Morgan fingerprint density at radius 1 is 1.09 bits per heavy atom. The predicted molar refractivity (Wildman–Crippen MR) is 73.7 cm³/mol. The van der Waals surface area contributed by atoms with Crippen LogP contribution in [0.4, 0.5) is 13.2 Å². The minimum absolute atomic E-state index is 0.00805. The topological polar surface area (TPSA) is 42.6 Å². The van der Waals surface area contributed by atoms with Gasteiger partial charge in [-0.3, -0.25) is 0 Å². The molecule has 0 fully saturated rings. The van der Waals surface area contributed by atoms with E-state index in [-0.39, 0.29) is 18.1 Å². The predicted octanol–water partition coefficient (Wildman–Crippen LogP) is 4.74. The molecule has 1 heterocycles. The molecule has 0 bridgehead atoms. The van der Waals surface area contributed by atoms with Crippen LogP contribution in [0.5, 0.6) is 11.5 Å². The number of hydrogen-bond acceptors (Lipinski definition) is 3. The van der Waals surface area contributed by atoms with E-state index in [0.29, 0.717) is 16.5 Å². The standard InChI is InChI=1S/C16H11F3O3/c17-16(18,19)11-3-1-4-12(7-11)21-8-10-9-22-14-6-2-5-13(20)15(10)14/h1-7,9,20H,8H2. The minimum Gasteiger partial charge on any atom is -0.507 e. The maximum Gasteiger partial charge on any atom is 0.416 e. The van der Waals surface area contributed by atoms with Crippen molar-refractivity contribution in [1.82, 2.24) is 0 Å². The molecule has 0 saturated heterocycles. The van der Waals surface area contributed by atoms with Gasteiger partial charge in [0.2, 0.25) is 0 Å². The van der Waals surface area contributed by atoms with Crippen LogP contribution in [0.15, 0.2) is 53.1 Å². The van der Waals surface area contributed by atoms with E-state index < -0.39 is 11.7 Å². The van der Waals surface area contributed by atoms with Crippen molar-refractivity contribution in [2.24, 2.45) is 0 Å². The first-order valence-electron chi connectivity index (χ1n) is 6.43. The molecule has 3 nitrogen and oxygen atoms in total. The van der Waals surface area contributed by atoms with Gasteiger partial charge in [0.15, 0.2) is 0 Å². The SMILES string of the molecule is Oc1cccc2occ(COc3cccc(C(F)(F)F)c3)c12. The summed E-state index contributed by atoms with van der Waals surface area (Å²) in [5.74, 6) is 0.133. The molecular weight excluding hydrogens is 297 g/mol. The Morgan fingerprint density at radius 2 is 1.86 bits per heavy atom. The van der Waals surface area contributed by atoms with Crippen molar-refractivity contribution in [2.45, 2.75) is 12.8 Å². The van der Waals surface area contributed by atoms with Crippen LogP contribution >= 0.6 is 0 Å². The number of phenolic OH excluding ortho intramolecular Hbond substituents is 1. The zero-order valence-electron chi connectivity index (χ0n) is 11.2. The van der Waals surface area contributed by atoms with Gasteiger partial charge in [0.25, 0.3) is 0 Å². The van der Waals surface area contributed by atoms with Gasteiger partial charge in [-0.2, -0.15) is 13.2 Å². The Morgan fingerprint density at radius 3 is 2.64 bits per heavy atom. The third-order valence-electron chi connectivity index (χ3n) is 3.21. The highest BCUT2D eigenvalue weighted by Crippen LogP contribution is 2.33. The maximum absolute atomic E-state index is 12.6. The van der Waals surface area contributed by atoms with E-state index in [2.05, 4.69) is 0 Å². The van der Waals surface area contributed by atoms with E-state index in [1.165, 1.54) is 24.5 Å². The lowest BCUT2D eigenvalue weighted by molar-refractivity contribution is -0.137. The highest BCUT2D eigenvalue weighted by atomic mass is 19.4. The number of ether oxygens (including phenoxy) is 1. The summed E-state index contributed by atoms with van der Waals surface area (Å²) in [6, 6.07) is 9.46. The summed E-state index contributed by atoms with van der Waals surface area (Å²) in [5, 5.41) is 10.3. The second-order valence-electron chi connectivity index (χ2n) is 4.73. The van der Waals surface area contributed by atoms with Gasteiger partial charge in [0.05, 0.1) is 17.2 Å². The molecule has 2 aromatic carbocycles. The number of hydrogen-bond donors (Lipinski definition) is 1. The summed E-state index contributed by atoms with van der Waals surface area (Å²) in [7, 11) is 0. The lowest BCUT2D eigenvalue weighted by Gasteiger charge is -2.09. The van der Waals surface area contributed by atoms with Crippen LogP contribution in [-0.4, -0.2) is 5.11 Å². The first kappa shape index (κ1) is 14.3. The Balaban J connectivity index is 1.83. The molecule has 1 N–H and O–H groups in total. The third-order valence-corrected chi connectivity index (χ3v) is 3.21. The molecule has 3 rings (SSSR count). The summed E-state index contributed by atoms with van der Waals surface area (Å²) in [4.78, 5) is 0. The molecule has 0 amide bonds. The minimum atomic E-state index is -4.42. The third kappa shape index (κ3) is 2.72. The van der Waals surface area contributed by atoms with Crippen LogP contribution in [-0.2, 0) is 12.8 Å². The summed E-state index contributed by atoms with van der Waals surface area (Å²) in [6.07, 6.45) is -3.00. The average molecular weight is 308 g/mol. The van der Waals surface area contributed by atoms with Gasteiger partial charge < -0.3 is 14.3 Å². The molecule has 6 heteroatoms. The molecule has 1 aromatic heterocycles. The number of fused-ring (bicyclic) bond motifs is 1. The average Bonchev–Trinajstić information content (AvgIpc) is 2.89. The van der Waals surface area contributed by atoms with E-state index >= 15 is 0 Å². The molecule has 0 aliphatic heterocycles. The largest absolute Gasteiger partial charge is 0.507 e. The summed E-state index contributed by atoms with van der Waals surface area (Å²) < 4.78 is 48.6. The Kier molecular flexibility index (Phi) is 3.44. The molecule has 0 aliphatic carbocycles. The van der Waals surface area contributed by atoms with E-state index in [9.17, 15) is 18.3 Å². The van der Waals surface area contributed by atoms with E-state index in [4.69, 9.17) is 9.15 Å². The first-order chi connectivity index (χ1) is 10.4. The zero-order chi connectivity index (χ0) is 15.7. The highest BCUT2D eigenvalue weighted by molar-refractivity contribution is 5.87. The van der Waals surface area contributed by atoms with Gasteiger partial charge in [-0.25, -0.2) is 0 Å². The number of benzene rings is 2. The van der Waals surface area contributed by atoms with Gasteiger partial charge in [-0.05, 0) is 30.3 Å². The number of aromatic hydroxyl groups is 1. The smallest absolute Gasteiger partial charge is 0.416 e. The molecule has 0 spiro atoms. The first-order valence-corrected chi connectivity index (χ1v) is 6.43. The summed E-state index contributed by atoms with van der Waals surface area (Å²) in [6.45, 7) is -0.00805. The Hall–Kier alpha value is -2.63. The van der Waals surface area contributed by atoms with Gasteiger partial charge in [0.1, 0.15) is 23.7 Å². The van der Waals surface area contributed by atoms with Gasteiger partial charge >= 0.3 is 6.18 Å². The fourth-order valence-electron chi connectivity index (χ4n) is 2.16. The lowest BCUT2D eigenvalue weighted by atomic mass is 10.1. The van der Waals surface area contributed by atoms with Crippen LogP contribution in [0.3, 0.4) is 0 Å². The van der Waals surface area contributed by atoms with Crippen LogP contribution in [0.25, 0.3) is 11.0 Å². The van der Waals surface area contributed by atoms with Crippen molar-refractivity contribution < 1.29 is 27.4 Å². The van der Waals surface area contributed by atoms with Gasteiger partial charge in [0, 0.05) is 5.56 Å². The summed E-state index contributed by atoms with van der Waals surface area (Å²) in [5.41, 5.74) is 0.276. The van der Waals surface area contributed by atoms with E-state index in [1.54, 1.807) is 12.1 Å². The van der Waals surface area contributed by atoms with Crippen molar-refractivity contribution >= 4 is 11.0 Å². The van der Waals surface area contributed by atoms with E-state index in [0.717, 1.165) is 12.1 Å². The molecular formula is C16H11F3O3. The number of rotatable bonds is 3. The van der Waals surface area contributed by atoms with Crippen LogP contribution in [0.2, 0.25) is 0 Å². The number of halogens is 3. The number of alkyl halides is 3. The zero-order valence-corrected chi connectivity index (χ0v) is 11.2. The molecule has 0 atom stereocenters. The van der Waals surface area contributed by atoms with Crippen LogP contribution in [0.1, 0.15) is 11.1 Å². The quantitative estimate of drug-likeness (QED) is 0.760. The van der Waals surface area contributed by atoms with Crippen molar-refractivity contribution in [3.05, 3.63) is 59.9 Å². The van der Waals surface area contributed by atoms with Crippen molar-refractivity contribution in [2.75, 3.05) is 0 Å². The van der Waals surface area contributed by atoms with Crippen molar-refractivity contribution in [3.63, 3.8) is 0 Å². The van der Waals surface area contributed by atoms with Crippen molar-refractivity contribution in [1.29, 1.82) is 0 Å². The Labute approximate surface area is 123 Å². The summed E-state index contributed by atoms with van der Waals surface area (Å²) >= 11 is 0. The Bertz CT molecular complexity index is 806. The van der Waals surface area contributed by atoms with Crippen LogP contribution < -0.4 is 4.74 Å². The molecule has 0 unspecified atom stereocenters.